The molecule has 0 spiro atoms. The molecule has 2 nitrogen and oxygen atoms in total. The maximum atomic E-state index is 5.63. The van der Waals surface area contributed by atoms with Crippen LogP contribution in [0.1, 0.15) is 51.9 Å². The highest BCUT2D eigenvalue weighted by atomic mass is 16.5. The van der Waals surface area contributed by atoms with E-state index in [0.29, 0.717) is 12.1 Å². The molecule has 2 heteroatoms. The molecule has 1 saturated carbocycles. The Hall–Kier alpha value is -0.0800. The third-order valence-electron chi connectivity index (χ3n) is 4.05. The highest BCUT2D eigenvalue weighted by Gasteiger charge is 2.21. The maximum Gasteiger partial charge on any atom is 0.0700 e. The summed E-state index contributed by atoms with van der Waals surface area (Å²) in [5, 5.41) is 3.67. The number of ether oxygens (including phenoxy) is 1. The third-order valence-corrected chi connectivity index (χ3v) is 4.05. The van der Waals surface area contributed by atoms with Gasteiger partial charge in [-0.3, -0.25) is 0 Å². The minimum Gasteiger partial charge on any atom is -0.377 e. The van der Waals surface area contributed by atoms with Crippen molar-refractivity contribution >= 4 is 0 Å². The Morgan fingerprint density at radius 3 is 2.60 bits per heavy atom. The second kappa shape index (κ2) is 5.86. The lowest BCUT2D eigenvalue weighted by molar-refractivity contribution is 0.104. The molecule has 2 atom stereocenters. The van der Waals surface area contributed by atoms with Crippen LogP contribution in [0.15, 0.2) is 0 Å². The van der Waals surface area contributed by atoms with Crippen molar-refractivity contribution in [1.29, 1.82) is 0 Å². The standard InChI is InChI=1S/C13H25NO/c1-11(12-6-3-2-4-7-12)14-10-13-8-5-9-15-13/h11-14H,2-10H2,1H3. The molecule has 0 amide bonds. The Morgan fingerprint density at radius 1 is 1.13 bits per heavy atom. The summed E-state index contributed by atoms with van der Waals surface area (Å²) in [5.41, 5.74) is 0. The highest BCUT2D eigenvalue weighted by Crippen LogP contribution is 2.26. The van der Waals surface area contributed by atoms with Crippen LogP contribution in [-0.2, 0) is 4.74 Å². The van der Waals surface area contributed by atoms with E-state index >= 15 is 0 Å². The van der Waals surface area contributed by atoms with Crippen molar-refractivity contribution in [3.63, 3.8) is 0 Å². The Balaban J connectivity index is 1.64. The Labute approximate surface area is 93.8 Å². The molecule has 1 heterocycles. The first-order valence-corrected chi connectivity index (χ1v) is 6.71. The van der Waals surface area contributed by atoms with Gasteiger partial charge >= 0.3 is 0 Å². The normalized spacial score (nSPS) is 30.6. The van der Waals surface area contributed by atoms with Crippen LogP contribution in [0.2, 0.25) is 0 Å². The van der Waals surface area contributed by atoms with Gasteiger partial charge in [0.25, 0.3) is 0 Å². The second-order valence-electron chi connectivity index (χ2n) is 5.23. The van der Waals surface area contributed by atoms with Gasteiger partial charge in [0, 0.05) is 19.2 Å². The fraction of sp³-hybridized carbons (Fsp3) is 1.00. The molecule has 0 radical (unpaired) electrons. The smallest absolute Gasteiger partial charge is 0.0700 e. The lowest BCUT2D eigenvalue weighted by Crippen LogP contribution is -2.39. The number of rotatable bonds is 4. The first-order chi connectivity index (χ1) is 7.36. The van der Waals surface area contributed by atoms with E-state index in [1.165, 1.54) is 44.9 Å². The fourth-order valence-electron chi connectivity index (χ4n) is 2.92. The number of hydrogen-bond donors (Lipinski definition) is 1. The molecule has 2 aliphatic rings. The summed E-state index contributed by atoms with van der Waals surface area (Å²) < 4.78 is 5.63. The molecular formula is C13H25NO. The summed E-state index contributed by atoms with van der Waals surface area (Å²) >= 11 is 0. The molecule has 1 N–H and O–H groups in total. The van der Waals surface area contributed by atoms with Crippen LogP contribution >= 0.6 is 0 Å². The minimum absolute atomic E-state index is 0.496. The summed E-state index contributed by atoms with van der Waals surface area (Å²) in [4.78, 5) is 0. The van der Waals surface area contributed by atoms with Crippen LogP contribution in [0.4, 0.5) is 0 Å². The fourth-order valence-corrected chi connectivity index (χ4v) is 2.92. The Bertz CT molecular complexity index is 171. The van der Waals surface area contributed by atoms with Crippen molar-refractivity contribution in [2.75, 3.05) is 13.2 Å². The van der Waals surface area contributed by atoms with Gasteiger partial charge in [-0.2, -0.15) is 0 Å². The van der Waals surface area contributed by atoms with Gasteiger partial charge in [0.15, 0.2) is 0 Å². The lowest BCUT2D eigenvalue weighted by Gasteiger charge is -2.29. The first-order valence-electron chi connectivity index (χ1n) is 6.71. The number of hydrogen-bond acceptors (Lipinski definition) is 2. The van der Waals surface area contributed by atoms with Gasteiger partial charge in [-0.15, -0.1) is 0 Å². The van der Waals surface area contributed by atoms with Gasteiger partial charge in [-0.05, 0) is 38.5 Å². The molecular weight excluding hydrogens is 186 g/mol. The van der Waals surface area contributed by atoms with Crippen LogP contribution in [0.3, 0.4) is 0 Å². The van der Waals surface area contributed by atoms with E-state index in [4.69, 9.17) is 4.74 Å². The van der Waals surface area contributed by atoms with E-state index < -0.39 is 0 Å². The molecule has 0 bridgehead atoms. The second-order valence-corrected chi connectivity index (χ2v) is 5.23. The van der Waals surface area contributed by atoms with E-state index in [1.54, 1.807) is 0 Å². The van der Waals surface area contributed by atoms with E-state index in [0.717, 1.165) is 19.1 Å². The van der Waals surface area contributed by atoms with E-state index in [9.17, 15) is 0 Å². The van der Waals surface area contributed by atoms with Gasteiger partial charge in [0.05, 0.1) is 6.10 Å². The topological polar surface area (TPSA) is 21.3 Å². The molecule has 2 rings (SSSR count). The van der Waals surface area contributed by atoms with Gasteiger partial charge in [0.2, 0.25) is 0 Å². The van der Waals surface area contributed by atoms with Crippen LogP contribution < -0.4 is 5.32 Å². The molecule has 1 saturated heterocycles. The summed E-state index contributed by atoms with van der Waals surface area (Å²) in [7, 11) is 0. The molecule has 88 valence electrons. The summed E-state index contributed by atoms with van der Waals surface area (Å²) in [6.45, 7) is 4.40. The van der Waals surface area contributed by atoms with Crippen molar-refractivity contribution in [2.24, 2.45) is 5.92 Å². The van der Waals surface area contributed by atoms with Crippen LogP contribution in [0, 0.1) is 5.92 Å². The van der Waals surface area contributed by atoms with E-state index in [1.807, 2.05) is 0 Å². The summed E-state index contributed by atoms with van der Waals surface area (Å²) in [5.74, 6) is 0.917. The van der Waals surface area contributed by atoms with Crippen LogP contribution in [0.25, 0.3) is 0 Å². The van der Waals surface area contributed by atoms with Crippen LogP contribution in [0.5, 0.6) is 0 Å². The van der Waals surface area contributed by atoms with Gasteiger partial charge in [-0.1, -0.05) is 19.3 Å². The van der Waals surface area contributed by atoms with Crippen molar-refractivity contribution in [3.8, 4) is 0 Å². The predicted octanol–water partition coefficient (Wildman–Crippen LogP) is 2.72. The molecule has 15 heavy (non-hydrogen) atoms. The largest absolute Gasteiger partial charge is 0.377 e. The average molecular weight is 211 g/mol. The Kier molecular flexibility index (Phi) is 4.45. The molecule has 1 aliphatic heterocycles. The Morgan fingerprint density at radius 2 is 1.93 bits per heavy atom. The molecule has 0 aromatic heterocycles. The summed E-state index contributed by atoms with van der Waals surface area (Å²) in [6.07, 6.45) is 10.2. The predicted molar refractivity (Wildman–Crippen MR) is 63.0 cm³/mol. The van der Waals surface area contributed by atoms with Gasteiger partial charge < -0.3 is 10.1 Å². The molecule has 2 unspecified atom stereocenters. The van der Waals surface area contributed by atoms with E-state index in [-0.39, 0.29) is 0 Å². The minimum atomic E-state index is 0.496. The van der Waals surface area contributed by atoms with E-state index in [2.05, 4.69) is 12.2 Å². The maximum absolute atomic E-state index is 5.63. The number of nitrogens with one attached hydrogen (secondary N) is 1. The van der Waals surface area contributed by atoms with Crippen molar-refractivity contribution in [3.05, 3.63) is 0 Å². The van der Waals surface area contributed by atoms with Gasteiger partial charge in [0.1, 0.15) is 0 Å². The zero-order chi connectivity index (χ0) is 10.5. The molecule has 0 aromatic carbocycles. The monoisotopic (exact) mass is 211 g/mol. The third kappa shape index (κ3) is 3.46. The van der Waals surface area contributed by atoms with Crippen molar-refractivity contribution in [2.45, 2.75) is 64.0 Å². The molecule has 1 aliphatic carbocycles. The van der Waals surface area contributed by atoms with Crippen molar-refractivity contribution < 1.29 is 4.74 Å². The summed E-state index contributed by atoms with van der Waals surface area (Å²) in [6, 6.07) is 0.689. The molecule has 0 aromatic rings. The quantitative estimate of drug-likeness (QED) is 0.772. The zero-order valence-corrected chi connectivity index (χ0v) is 10.0. The first kappa shape index (κ1) is 11.4. The lowest BCUT2D eigenvalue weighted by atomic mass is 9.84. The highest BCUT2D eigenvalue weighted by molar-refractivity contribution is 4.78. The average Bonchev–Trinajstić information content (AvgIpc) is 2.80. The van der Waals surface area contributed by atoms with Gasteiger partial charge in [-0.25, -0.2) is 0 Å². The van der Waals surface area contributed by atoms with Crippen LogP contribution in [-0.4, -0.2) is 25.3 Å². The zero-order valence-electron chi connectivity index (χ0n) is 10.0. The molecule has 2 fully saturated rings. The van der Waals surface area contributed by atoms with Crippen molar-refractivity contribution in [1.82, 2.24) is 5.32 Å². The SMILES string of the molecule is CC(NCC1CCCO1)C1CCCCC1.